The largest absolute Gasteiger partial charge is 0.480 e. The molecule has 6 heteroatoms. The summed E-state index contributed by atoms with van der Waals surface area (Å²) in [5.41, 5.74) is 6.38. The van der Waals surface area contributed by atoms with E-state index in [1.54, 1.807) is 12.1 Å². The van der Waals surface area contributed by atoms with Gasteiger partial charge in [-0.05, 0) is 40.5 Å². The Morgan fingerprint density at radius 2 is 2.17 bits per heavy atom. The van der Waals surface area contributed by atoms with Gasteiger partial charge >= 0.3 is 5.97 Å². The minimum Gasteiger partial charge on any atom is -0.480 e. The molecule has 1 rings (SSSR count). The van der Waals surface area contributed by atoms with Crippen molar-refractivity contribution in [2.24, 2.45) is 0 Å². The summed E-state index contributed by atoms with van der Waals surface area (Å²) in [5, 5.41) is 11.5. The van der Waals surface area contributed by atoms with Crippen LogP contribution in [-0.2, 0) is 4.79 Å². The first-order chi connectivity index (χ1) is 8.45. The molecule has 1 atom stereocenters. The first-order valence-corrected chi connectivity index (χ1v) is 6.33. The summed E-state index contributed by atoms with van der Waals surface area (Å²) >= 11 is 3.23. The molecule has 1 aromatic carbocycles. The van der Waals surface area contributed by atoms with Crippen LogP contribution < -0.4 is 11.1 Å². The van der Waals surface area contributed by atoms with Crippen molar-refractivity contribution in [3.8, 4) is 0 Å². The zero-order valence-corrected chi connectivity index (χ0v) is 11.5. The first kappa shape index (κ1) is 14.5. The van der Waals surface area contributed by atoms with E-state index in [0.717, 1.165) is 0 Å². The Labute approximate surface area is 113 Å². The lowest BCUT2D eigenvalue weighted by Gasteiger charge is -2.14. The lowest BCUT2D eigenvalue weighted by molar-refractivity contribution is -0.139. The van der Waals surface area contributed by atoms with Gasteiger partial charge in [0.25, 0.3) is 5.91 Å². The van der Waals surface area contributed by atoms with E-state index < -0.39 is 17.9 Å². The number of nitrogens with two attached hydrogens (primary N) is 1. The molecule has 4 N–H and O–H groups in total. The van der Waals surface area contributed by atoms with Gasteiger partial charge in [-0.1, -0.05) is 13.3 Å². The molecule has 0 aliphatic heterocycles. The number of hydrogen-bond acceptors (Lipinski definition) is 3. The van der Waals surface area contributed by atoms with Crippen LogP contribution in [0.5, 0.6) is 0 Å². The number of carbonyl (C=O) groups excluding carboxylic acids is 1. The maximum absolute atomic E-state index is 11.9. The summed E-state index contributed by atoms with van der Waals surface area (Å²) in [5.74, 6) is -1.49. The molecule has 5 nitrogen and oxygen atoms in total. The molecule has 0 saturated heterocycles. The molecule has 0 aliphatic carbocycles. The van der Waals surface area contributed by atoms with Crippen LogP contribution in [-0.4, -0.2) is 23.0 Å². The molecule has 1 aromatic rings. The highest BCUT2D eigenvalue weighted by atomic mass is 79.9. The Morgan fingerprint density at radius 1 is 1.50 bits per heavy atom. The third-order valence-electron chi connectivity index (χ3n) is 2.42. The average molecular weight is 315 g/mol. The lowest BCUT2D eigenvalue weighted by atomic mass is 10.1. The van der Waals surface area contributed by atoms with Crippen LogP contribution in [0.15, 0.2) is 22.7 Å². The van der Waals surface area contributed by atoms with E-state index in [4.69, 9.17) is 10.8 Å². The molecule has 0 saturated carbocycles. The highest BCUT2D eigenvalue weighted by Crippen LogP contribution is 2.19. The summed E-state index contributed by atoms with van der Waals surface area (Å²) < 4.78 is 0.579. The second-order valence-electron chi connectivity index (χ2n) is 3.89. The van der Waals surface area contributed by atoms with Gasteiger partial charge in [-0.2, -0.15) is 0 Å². The van der Waals surface area contributed by atoms with Crippen molar-refractivity contribution in [1.82, 2.24) is 5.32 Å². The highest BCUT2D eigenvalue weighted by molar-refractivity contribution is 9.10. The number of hydrogen-bond donors (Lipinski definition) is 3. The van der Waals surface area contributed by atoms with Crippen LogP contribution in [0.3, 0.4) is 0 Å². The number of halogens is 1. The van der Waals surface area contributed by atoms with E-state index in [1.165, 1.54) is 6.07 Å². The maximum Gasteiger partial charge on any atom is 0.326 e. The SMILES string of the molecule is CCC[C@@H](NC(=O)c1cc(N)ccc1Br)C(=O)O. The average Bonchev–Trinajstić information content (AvgIpc) is 2.31. The lowest BCUT2D eigenvalue weighted by Crippen LogP contribution is -2.40. The number of carboxylic acids is 1. The molecule has 0 fully saturated rings. The van der Waals surface area contributed by atoms with Crippen LogP contribution in [0.2, 0.25) is 0 Å². The quantitative estimate of drug-likeness (QED) is 0.725. The molecule has 0 spiro atoms. The van der Waals surface area contributed by atoms with Crippen molar-refractivity contribution in [2.75, 3.05) is 5.73 Å². The monoisotopic (exact) mass is 314 g/mol. The van der Waals surface area contributed by atoms with Crippen LogP contribution in [0, 0.1) is 0 Å². The zero-order valence-electron chi connectivity index (χ0n) is 9.94. The number of rotatable bonds is 5. The molecule has 18 heavy (non-hydrogen) atoms. The summed E-state index contributed by atoms with van der Waals surface area (Å²) in [6.07, 6.45) is 1.07. The summed E-state index contributed by atoms with van der Waals surface area (Å²) in [7, 11) is 0. The van der Waals surface area contributed by atoms with Crippen LogP contribution in [0.25, 0.3) is 0 Å². The molecule has 0 unspecified atom stereocenters. The number of benzene rings is 1. The number of anilines is 1. The van der Waals surface area contributed by atoms with Gasteiger partial charge in [0.15, 0.2) is 0 Å². The highest BCUT2D eigenvalue weighted by Gasteiger charge is 2.20. The standard InChI is InChI=1S/C12H15BrN2O3/c1-2-3-10(12(17)18)15-11(16)8-6-7(14)4-5-9(8)13/h4-6,10H,2-3,14H2,1H3,(H,15,16)(H,17,18)/t10-/m1/s1. The Hall–Kier alpha value is -1.56. The summed E-state index contributed by atoms with van der Waals surface area (Å²) in [6, 6.07) is 3.93. The van der Waals surface area contributed by atoms with E-state index in [2.05, 4.69) is 21.2 Å². The molecule has 1 amide bonds. The summed E-state index contributed by atoms with van der Waals surface area (Å²) in [6.45, 7) is 1.86. The number of carbonyl (C=O) groups is 2. The third kappa shape index (κ3) is 3.73. The molecule has 0 bridgehead atoms. The van der Waals surface area contributed by atoms with Crippen molar-refractivity contribution in [3.63, 3.8) is 0 Å². The van der Waals surface area contributed by atoms with E-state index >= 15 is 0 Å². The van der Waals surface area contributed by atoms with Crippen molar-refractivity contribution in [1.29, 1.82) is 0 Å². The van der Waals surface area contributed by atoms with Gasteiger partial charge < -0.3 is 16.2 Å². The number of nitrogen functional groups attached to an aromatic ring is 1. The Balaban J connectivity index is 2.86. The predicted molar refractivity (Wildman–Crippen MR) is 72.4 cm³/mol. The number of aliphatic carboxylic acids is 1. The smallest absolute Gasteiger partial charge is 0.326 e. The van der Waals surface area contributed by atoms with Gasteiger partial charge in [0.05, 0.1) is 5.56 Å². The molecule has 98 valence electrons. The van der Waals surface area contributed by atoms with Gasteiger partial charge in [-0.15, -0.1) is 0 Å². The molecule has 0 aromatic heterocycles. The van der Waals surface area contributed by atoms with Gasteiger partial charge in [-0.3, -0.25) is 4.79 Å². The Morgan fingerprint density at radius 3 is 2.72 bits per heavy atom. The Kier molecular flexibility index (Phi) is 5.15. The second-order valence-corrected chi connectivity index (χ2v) is 4.75. The zero-order chi connectivity index (χ0) is 13.7. The number of carboxylic acid groups (broad SMARTS) is 1. The minimum absolute atomic E-state index is 0.331. The number of nitrogens with one attached hydrogen (secondary N) is 1. The fourth-order valence-electron chi connectivity index (χ4n) is 1.50. The second kappa shape index (κ2) is 6.39. The van der Waals surface area contributed by atoms with Crippen molar-refractivity contribution < 1.29 is 14.7 Å². The third-order valence-corrected chi connectivity index (χ3v) is 3.11. The van der Waals surface area contributed by atoms with Crippen LogP contribution >= 0.6 is 15.9 Å². The predicted octanol–water partition coefficient (Wildman–Crippen LogP) is 2.01. The fraction of sp³-hybridized carbons (Fsp3) is 0.333. The van der Waals surface area contributed by atoms with Gasteiger partial charge in [0.1, 0.15) is 6.04 Å². The van der Waals surface area contributed by atoms with Gasteiger partial charge in [-0.25, -0.2) is 4.79 Å². The van der Waals surface area contributed by atoms with E-state index in [0.29, 0.717) is 28.6 Å². The van der Waals surface area contributed by atoms with Crippen LogP contribution in [0.4, 0.5) is 5.69 Å². The van der Waals surface area contributed by atoms with Gasteiger partial charge in [0, 0.05) is 10.2 Å². The van der Waals surface area contributed by atoms with Crippen molar-refractivity contribution in [3.05, 3.63) is 28.2 Å². The van der Waals surface area contributed by atoms with E-state index in [-0.39, 0.29) is 0 Å². The fourth-order valence-corrected chi connectivity index (χ4v) is 1.93. The first-order valence-electron chi connectivity index (χ1n) is 5.54. The molecular weight excluding hydrogens is 300 g/mol. The Bertz CT molecular complexity index is 463. The topological polar surface area (TPSA) is 92.4 Å². The van der Waals surface area contributed by atoms with Crippen LogP contribution in [0.1, 0.15) is 30.1 Å². The molecule has 0 aliphatic rings. The molecule has 0 heterocycles. The maximum atomic E-state index is 11.9. The van der Waals surface area contributed by atoms with Crippen molar-refractivity contribution in [2.45, 2.75) is 25.8 Å². The normalized spacial score (nSPS) is 11.9. The summed E-state index contributed by atoms with van der Waals surface area (Å²) in [4.78, 5) is 22.9. The minimum atomic E-state index is -1.04. The van der Waals surface area contributed by atoms with Gasteiger partial charge in [0.2, 0.25) is 0 Å². The van der Waals surface area contributed by atoms with E-state index in [1.807, 2.05) is 6.92 Å². The molecule has 0 radical (unpaired) electrons. The van der Waals surface area contributed by atoms with E-state index in [9.17, 15) is 9.59 Å². The molecular formula is C12H15BrN2O3. The number of amides is 1. The van der Waals surface area contributed by atoms with Crippen molar-refractivity contribution >= 4 is 33.5 Å².